The average molecular weight is 467 g/mol. The Hall–Kier alpha value is -3.39. The van der Waals surface area contributed by atoms with E-state index >= 15 is 0 Å². The van der Waals surface area contributed by atoms with Gasteiger partial charge in [0, 0.05) is 25.0 Å². The average Bonchev–Trinajstić information content (AvgIpc) is 3.40. The maximum absolute atomic E-state index is 12.6. The summed E-state index contributed by atoms with van der Waals surface area (Å²) >= 11 is 0. The van der Waals surface area contributed by atoms with Gasteiger partial charge in [0.05, 0.1) is 6.04 Å². The molecule has 2 amide bonds. The van der Waals surface area contributed by atoms with Crippen LogP contribution in [0.1, 0.15) is 49.7 Å². The van der Waals surface area contributed by atoms with Gasteiger partial charge in [-0.2, -0.15) is 0 Å². The summed E-state index contributed by atoms with van der Waals surface area (Å²) in [7, 11) is 0. The number of rotatable bonds is 9. The summed E-state index contributed by atoms with van der Waals surface area (Å²) < 4.78 is 11.2. The topological polar surface area (TPSA) is 114 Å². The summed E-state index contributed by atoms with van der Waals surface area (Å²) in [6.07, 6.45) is 0.216. The van der Waals surface area contributed by atoms with Crippen LogP contribution in [0.15, 0.2) is 48.5 Å². The van der Waals surface area contributed by atoms with Crippen LogP contribution in [-0.2, 0) is 19.1 Å². The highest BCUT2D eigenvalue weighted by Gasteiger charge is 2.36. The van der Waals surface area contributed by atoms with Crippen molar-refractivity contribution >= 4 is 18.0 Å². The molecule has 8 nitrogen and oxygen atoms in total. The summed E-state index contributed by atoms with van der Waals surface area (Å²) in [5, 5.41) is 14.4. The van der Waals surface area contributed by atoms with E-state index in [0.717, 1.165) is 22.3 Å². The Morgan fingerprint density at radius 1 is 1.09 bits per heavy atom. The number of aliphatic carboxylic acids is 1. The maximum atomic E-state index is 12.6. The van der Waals surface area contributed by atoms with Gasteiger partial charge in [-0.15, -0.1) is 0 Å². The van der Waals surface area contributed by atoms with Crippen LogP contribution >= 0.6 is 0 Å². The van der Waals surface area contributed by atoms with Gasteiger partial charge in [0.1, 0.15) is 6.61 Å². The molecule has 0 saturated carbocycles. The summed E-state index contributed by atoms with van der Waals surface area (Å²) in [4.78, 5) is 35.9. The highest BCUT2D eigenvalue weighted by atomic mass is 16.6. The third-order valence-corrected chi connectivity index (χ3v) is 6.41. The molecule has 3 unspecified atom stereocenters. The number of carbonyl (C=O) groups excluding carboxylic acids is 2. The molecule has 0 spiro atoms. The Kier molecular flexibility index (Phi) is 7.47. The van der Waals surface area contributed by atoms with E-state index in [4.69, 9.17) is 14.6 Å². The number of fused-ring (bicyclic) bond motifs is 3. The highest BCUT2D eigenvalue weighted by Crippen LogP contribution is 2.44. The zero-order valence-electron chi connectivity index (χ0n) is 19.2. The van der Waals surface area contributed by atoms with Crippen LogP contribution in [0.25, 0.3) is 11.1 Å². The smallest absolute Gasteiger partial charge is 0.407 e. The van der Waals surface area contributed by atoms with Crippen molar-refractivity contribution in [3.05, 3.63) is 59.7 Å². The monoisotopic (exact) mass is 466 g/mol. The second-order valence-corrected chi connectivity index (χ2v) is 8.85. The molecule has 0 radical (unpaired) electrons. The van der Waals surface area contributed by atoms with E-state index < -0.39 is 24.2 Å². The molecule has 1 aliphatic carbocycles. The van der Waals surface area contributed by atoms with E-state index in [-0.39, 0.29) is 30.9 Å². The van der Waals surface area contributed by atoms with Gasteiger partial charge in [-0.05, 0) is 48.4 Å². The Morgan fingerprint density at radius 2 is 1.74 bits per heavy atom. The Morgan fingerprint density at radius 3 is 2.38 bits per heavy atom. The van der Waals surface area contributed by atoms with Gasteiger partial charge in [0.25, 0.3) is 5.91 Å². The second-order valence-electron chi connectivity index (χ2n) is 8.85. The third kappa shape index (κ3) is 5.39. The van der Waals surface area contributed by atoms with Crippen LogP contribution in [-0.4, -0.2) is 54.5 Å². The molecular weight excluding hydrogens is 436 g/mol. The molecule has 0 aromatic heterocycles. The van der Waals surface area contributed by atoms with Crippen LogP contribution in [0, 0.1) is 0 Å². The van der Waals surface area contributed by atoms with Crippen molar-refractivity contribution in [3.63, 3.8) is 0 Å². The number of benzene rings is 2. The number of amides is 2. The maximum Gasteiger partial charge on any atom is 0.407 e. The lowest BCUT2D eigenvalue weighted by Crippen LogP contribution is -2.50. The zero-order valence-corrected chi connectivity index (χ0v) is 19.2. The number of carboxylic acid groups (broad SMARTS) is 1. The minimum absolute atomic E-state index is 0.0382. The van der Waals surface area contributed by atoms with E-state index in [0.29, 0.717) is 25.9 Å². The highest BCUT2D eigenvalue weighted by molar-refractivity contribution is 5.83. The fourth-order valence-corrected chi connectivity index (χ4v) is 4.74. The quantitative estimate of drug-likeness (QED) is 0.522. The van der Waals surface area contributed by atoms with E-state index in [2.05, 4.69) is 34.9 Å². The second kappa shape index (κ2) is 10.7. The SMILES string of the molecule is CC(CCCC(=O)O)NC(=O)C1OCCC1NC(=O)OCC1c2ccccc2-c2ccccc21. The molecule has 1 fully saturated rings. The van der Waals surface area contributed by atoms with E-state index in [1.807, 2.05) is 31.2 Å². The van der Waals surface area contributed by atoms with Gasteiger partial charge in [-0.3, -0.25) is 9.59 Å². The number of carbonyl (C=O) groups is 3. The fourth-order valence-electron chi connectivity index (χ4n) is 4.74. The predicted molar refractivity (Wildman–Crippen MR) is 125 cm³/mol. The van der Waals surface area contributed by atoms with Crippen molar-refractivity contribution in [2.24, 2.45) is 0 Å². The third-order valence-electron chi connectivity index (χ3n) is 6.41. The van der Waals surface area contributed by atoms with Gasteiger partial charge in [0.15, 0.2) is 6.10 Å². The van der Waals surface area contributed by atoms with Crippen LogP contribution in [0.4, 0.5) is 4.79 Å². The van der Waals surface area contributed by atoms with E-state index in [1.54, 1.807) is 0 Å². The van der Waals surface area contributed by atoms with Crippen LogP contribution < -0.4 is 10.6 Å². The molecule has 1 aliphatic heterocycles. The summed E-state index contributed by atoms with van der Waals surface area (Å²) in [5.74, 6) is -1.21. The zero-order chi connectivity index (χ0) is 24.1. The number of nitrogens with one attached hydrogen (secondary N) is 2. The number of hydrogen-bond donors (Lipinski definition) is 3. The Balaban J connectivity index is 1.30. The summed E-state index contributed by atoms with van der Waals surface area (Å²) in [6.45, 7) is 2.38. The lowest BCUT2D eigenvalue weighted by atomic mass is 9.98. The molecule has 3 N–H and O–H groups in total. The first kappa shape index (κ1) is 23.8. The standard InChI is InChI=1S/C26H30N2O6/c1-16(7-6-12-23(29)30)27-25(31)24-22(13-14-33-24)28-26(32)34-15-21-19-10-4-2-8-17(19)18-9-3-5-11-20(18)21/h2-5,8-11,16,21-22,24H,6-7,12-15H2,1H3,(H,27,31)(H,28,32)(H,29,30). The first-order valence-electron chi connectivity index (χ1n) is 11.7. The minimum atomic E-state index is -0.856. The number of hydrogen-bond acceptors (Lipinski definition) is 5. The van der Waals surface area contributed by atoms with E-state index in [9.17, 15) is 14.4 Å². The van der Waals surface area contributed by atoms with Crippen molar-refractivity contribution in [2.75, 3.05) is 13.2 Å². The lowest BCUT2D eigenvalue weighted by molar-refractivity contribution is -0.137. The molecule has 34 heavy (non-hydrogen) atoms. The van der Waals surface area contributed by atoms with Crippen molar-refractivity contribution in [1.29, 1.82) is 0 Å². The molecule has 1 saturated heterocycles. The molecule has 2 aromatic carbocycles. The number of ether oxygens (including phenoxy) is 2. The molecule has 2 aromatic rings. The Bertz CT molecular complexity index is 1010. The number of carboxylic acids is 1. The van der Waals surface area contributed by atoms with Gasteiger partial charge in [-0.25, -0.2) is 4.79 Å². The molecule has 0 bridgehead atoms. The molecule has 1 heterocycles. The van der Waals surface area contributed by atoms with Gasteiger partial charge in [-0.1, -0.05) is 48.5 Å². The fraction of sp³-hybridized carbons (Fsp3) is 0.423. The first-order chi connectivity index (χ1) is 16.4. The summed E-state index contributed by atoms with van der Waals surface area (Å²) in [5.41, 5.74) is 4.58. The van der Waals surface area contributed by atoms with Crippen LogP contribution in [0.3, 0.4) is 0 Å². The van der Waals surface area contributed by atoms with Crippen molar-refractivity contribution in [3.8, 4) is 11.1 Å². The predicted octanol–water partition coefficient (Wildman–Crippen LogP) is 3.44. The Labute approximate surface area is 198 Å². The molecular formula is C26H30N2O6. The van der Waals surface area contributed by atoms with Gasteiger partial charge >= 0.3 is 12.1 Å². The number of alkyl carbamates (subject to hydrolysis) is 1. The van der Waals surface area contributed by atoms with Gasteiger partial charge < -0.3 is 25.2 Å². The van der Waals surface area contributed by atoms with Crippen molar-refractivity contribution in [1.82, 2.24) is 10.6 Å². The van der Waals surface area contributed by atoms with Gasteiger partial charge in [0.2, 0.25) is 0 Å². The molecule has 3 atom stereocenters. The largest absolute Gasteiger partial charge is 0.481 e. The van der Waals surface area contributed by atoms with Crippen LogP contribution in [0.2, 0.25) is 0 Å². The van der Waals surface area contributed by atoms with Crippen molar-refractivity contribution in [2.45, 2.75) is 56.7 Å². The minimum Gasteiger partial charge on any atom is -0.481 e. The molecule has 2 aliphatic rings. The molecule has 4 rings (SSSR count). The molecule has 180 valence electrons. The van der Waals surface area contributed by atoms with Crippen LogP contribution in [0.5, 0.6) is 0 Å². The lowest BCUT2D eigenvalue weighted by Gasteiger charge is -2.22. The summed E-state index contributed by atoms with van der Waals surface area (Å²) in [6, 6.07) is 15.6. The first-order valence-corrected chi connectivity index (χ1v) is 11.7. The normalized spacial score (nSPS) is 19.7. The van der Waals surface area contributed by atoms with Crippen molar-refractivity contribution < 1.29 is 29.0 Å². The van der Waals surface area contributed by atoms with E-state index in [1.165, 1.54) is 0 Å². The molecule has 8 heteroatoms.